The molecule has 0 saturated carbocycles. The normalized spacial score (nSPS) is 19.8. The van der Waals surface area contributed by atoms with E-state index in [2.05, 4.69) is 17.6 Å². The number of carbonyl (C=O) groups excluding carboxylic acids is 1. The second kappa shape index (κ2) is 8.03. The van der Waals surface area contributed by atoms with Gasteiger partial charge in [0, 0.05) is 13.0 Å². The molecular formula is C17H26N2O2. The van der Waals surface area contributed by atoms with Gasteiger partial charge >= 0.3 is 0 Å². The molecule has 2 N–H and O–H groups in total. The second-order valence-electron chi connectivity index (χ2n) is 5.89. The Kier molecular flexibility index (Phi) is 6.05. The number of ether oxygens (including phenoxy) is 1. The monoisotopic (exact) mass is 290 g/mol. The fraction of sp³-hybridized carbons (Fsp3) is 0.588. The van der Waals surface area contributed by atoms with Crippen molar-refractivity contribution in [3.8, 4) is 5.75 Å². The van der Waals surface area contributed by atoms with E-state index < -0.39 is 0 Å². The first-order valence-electron chi connectivity index (χ1n) is 7.80. The van der Waals surface area contributed by atoms with E-state index in [9.17, 15) is 4.79 Å². The number of amides is 1. The third-order valence-electron chi connectivity index (χ3n) is 4.16. The number of benzene rings is 1. The maximum absolute atomic E-state index is 12.0. The molecule has 1 fully saturated rings. The van der Waals surface area contributed by atoms with E-state index >= 15 is 0 Å². The van der Waals surface area contributed by atoms with Crippen molar-refractivity contribution in [2.24, 2.45) is 5.92 Å². The molecule has 21 heavy (non-hydrogen) atoms. The number of carbonyl (C=O) groups is 1. The molecule has 1 heterocycles. The van der Waals surface area contributed by atoms with Gasteiger partial charge < -0.3 is 15.4 Å². The van der Waals surface area contributed by atoms with Gasteiger partial charge in [-0.15, -0.1) is 0 Å². The molecule has 0 aromatic heterocycles. The summed E-state index contributed by atoms with van der Waals surface area (Å²) in [5.74, 6) is 1.79. The van der Waals surface area contributed by atoms with Gasteiger partial charge in [-0.05, 0) is 55.5 Å². The zero-order valence-corrected chi connectivity index (χ0v) is 13.0. The van der Waals surface area contributed by atoms with Gasteiger partial charge in [0.15, 0.2) is 0 Å². The van der Waals surface area contributed by atoms with Crippen LogP contribution in [0, 0.1) is 5.92 Å². The largest absolute Gasteiger partial charge is 0.497 e. The van der Waals surface area contributed by atoms with Crippen LogP contribution in [0.1, 0.15) is 37.7 Å². The first kappa shape index (κ1) is 15.8. The third kappa shape index (κ3) is 5.05. The maximum Gasteiger partial charge on any atom is 0.220 e. The molecule has 116 valence electrons. The van der Waals surface area contributed by atoms with Gasteiger partial charge in [-0.1, -0.05) is 19.1 Å². The minimum Gasteiger partial charge on any atom is -0.497 e. The molecule has 0 aliphatic carbocycles. The quantitative estimate of drug-likeness (QED) is 0.845. The van der Waals surface area contributed by atoms with Gasteiger partial charge in [0.2, 0.25) is 5.91 Å². The van der Waals surface area contributed by atoms with Crippen LogP contribution in [0.4, 0.5) is 0 Å². The molecule has 1 saturated heterocycles. The minimum absolute atomic E-state index is 0.142. The lowest BCUT2D eigenvalue weighted by molar-refractivity contribution is -0.121. The highest BCUT2D eigenvalue weighted by atomic mass is 16.5. The van der Waals surface area contributed by atoms with Crippen molar-refractivity contribution in [3.63, 3.8) is 0 Å². The maximum atomic E-state index is 12.0. The molecule has 1 aromatic rings. The van der Waals surface area contributed by atoms with E-state index in [1.165, 1.54) is 18.4 Å². The molecule has 0 radical (unpaired) electrons. The van der Waals surface area contributed by atoms with E-state index in [1.54, 1.807) is 7.11 Å². The molecular weight excluding hydrogens is 264 g/mol. The standard InChI is InChI=1S/C17H26N2O2/c1-13(15-5-7-16(21-2)8-6-15)10-17(20)19-12-14-4-3-9-18-11-14/h5-8,13-14,18H,3-4,9-12H2,1-2H3,(H,19,20). The lowest BCUT2D eigenvalue weighted by Crippen LogP contribution is -2.38. The Balaban J connectivity index is 1.75. The lowest BCUT2D eigenvalue weighted by atomic mass is 9.96. The van der Waals surface area contributed by atoms with Crippen LogP contribution in [0.2, 0.25) is 0 Å². The van der Waals surface area contributed by atoms with Crippen molar-refractivity contribution >= 4 is 5.91 Å². The van der Waals surface area contributed by atoms with Crippen LogP contribution in [-0.2, 0) is 4.79 Å². The second-order valence-corrected chi connectivity index (χ2v) is 5.89. The Morgan fingerprint density at radius 2 is 2.19 bits per heavy atom. The Bertz CT molecular complexity index is 439. The van der Waals surface area contributed by atoms with Gasteiger partial charge in [-0.2, -0.15) is 0 Å². The van der Waals surface area contributed by atoms with E-state index in [4.69, 9.17) is 4.74 Å². The average molecular weight is 290 g/mol. The smallest absolute Gasteiger partial charge is 0.220 e. The molecule has 2 rings (SSSR count). The van der Waals surface area contributed by atoms with Crippen LogP contribution < -0.4 is 15.4 Å². The number of hydrogen-bond acceptors (Lipinski definition) is 3. The topological polar surface area (TPSA) is 50.4 Å². The molecule has 1 aliphatic rings. The first-order chi connectivity index (χ1) is 10.2. The van der Waals surface area contributed by atoms with Gasteiger partial charge in [-0.25, -0.2) is 0 Å². The number of rotatable bonds is 6. The Morgan fingerprint density at radius 3 is 2.81 bits per heavy atom. The van der Waals surface area contributed by atoms with Crippen LogP contribution in [0.5, 0.6) is 5.75 Å². The summed E-state index contributed by atoms with van der Waals surface area (Å²) in [7, 11) is 1.66. The first-order valence-corrected chi connectivity index (χ1v) is 7.80. The summed E-state index contributed by atoms with van der Waals surface area (Å²) in [5.41, 5.74) is 1.17. The van der Waals surface area contributed by atoms with Crippen LogP contribution in [0.25, 0.3) is 0 Å². The number of piperidine rings is 1. The number of methoxy groups -OCH3 is 1. The summed E-state index contributed by atoms with van der Waals surface area (Å²) in [6.45, 7) is 5.01. The van der Waals surface area contributed by atoms with Gasteiger partial charge in [0.05, 0.1) is 7.11 Å². The van der Waals surface area contributed by atoms with Crippen LogP contribution in [-0.4, -0.2) is 32.7 Å². The summed E-state index contributed by atoms with van der Waals surface area (Å²) >= 11 is 0. The molecule has 1 amide bonds. The zero-order valence-electron chi connectivity index (χ0n) is 13.0. The third-order valence-corrected chi connectivity index (χ3v) is 4.16. The molecule has 2 unspecified atom stereocenters. The molecule has 1 aliphatic heterocycles. The van der Waals surface area contributed by atoms with E-state index in [-0.39, 0.29) is 11.8 Å². The molecule has 0 spiro atoms. The van der Waals surface area contributed by atoms with E-state index in [1.807, 2.05) is 24.3 Å². The SMILES string of the molecule is COc1ccc(C(C)CC(=O)NCC2CCCNC2)cc1. The van der Waals surface area contributed by atoms with E-state index in [0.29, 0.717) is 12.3 Å². The summed E-state index contributed by atoms with van der Waals surface area (Å²) in [4.78, 5) is 12.0. The average Bonchev–Trinajstić information content (AvgIpc) is 2.54. The summed E-state index contributed by atoms with van der Waals surface area (Å²) in [6, 6.07) is 7.94. The van der Waals surface area contributed by atoms with Crippen LogP contribution in [0.15, 0.2) is 24.3 Å². The molecule has 0 bridgehead atoms. The Morgan fingerprint density at radius 1 is 1.43 bits per heavy atom. The Labute approximate surface area is 127 Å². The molecule has 2 atom stereocenters. The van der Waals surface area contributed by atoms with Gasteiger partial charge in [0.1, 0.15) is 5.75 Å². The Hall–Kier alpha value is -1.55. The van der Waals surface area contributed by atoms with Crippen molar-refractivity contribution in [2.75, 3.05) is 26.7 Å². The minimum atomic E-state index is 0.142. The fourth-order valence-electron chi connectivity index (χ4n) is 2.76. The fourth-order valence-corrected chi connectivity index (χ4v) is 2.76. The van der Waals surface area contributed by atoms with Gasteiger partial charge in [-0.3, -0.25) is 4.79 Å². The highest BCUT2D eigenvalue weighted by Gasteiger charge is 2.15. The van der Waals surface area contributed by atoms with Crippen molar-refractivity contribution < 1.29 is 9.53 Å². The summed E-state index contributed by atoms with van der Waals surface area (Å²) < 4.78 is 5.15. The highest BCUT2D eigenvalue weighted by Crippen LogP contribution is 2.21. The lowest BCUT2D eigenvalue weighted by Gasteiger charge is -2.23. The zero-order chi connectivity index (χ0) is 15.1. The molecule has 1 aromatic carbocycles. The number of hydrogen-bond donors (Lipinski definition) is 2. The van der Waals surface area contributed by atoms with Crippen molar-refractivity contribution in [2.45, 2.75) is 32.1 Å². The van der Waals surface area contributed by atoms with Crippen molar-refractivity contribution in [1.29, 1.82) is 0 Å². The van der Waals surface area contributed by atoms with E-state index in [0.717, 1.165) is 25.4 Å². The predicted molar refractivity (Wildman–Crippen MR) is 84.6 cm³/mol. The van der Waals surface area contributed by atoms with Crippen LogP contribution in [0.3, 0.4) is 0 Å². The van der Waals surface area contributed by atoms with Gasteiger partial charge in [0.25, 0.3) is 0 Å². The van der Waals surface area contributed by atoms with Crippen LogP contribution >= 0.6 is 0 Å². The number of nitrogens with one attached hydrogen (secondary N) is 2. The van der Waals surface area contributed by atoms with Crippen molar-refractivity contribution in [1.82, 2.24) is 10.6 Å². The predicted octanol–water partition coefficient (Wildman–Crippen LogP) is 2.30. The molecule has 4 heteroatoms. The molecule has 4 nitrogen and oxygen atoms in total. The highest BCUT2D eigenvalue weighted by molar-refractivity contribution is 5.76. The summed E-state index contributed by atoms with van der Waals surface area (Å²) in [6.07, 6.45) is 2.95. The van der Waals surface area contributed by atoms with Crippen molar-refractivity contribution in [3.05, 3.63) is 29.8 Å². The summed E-state index contributed by atoms with van der Waals surface area (Å²) in [5, 5.41) is 6.44.